The Morgan fingerprint density at radius 1 is 0.950 bits per heavy atom. The van der Waals surface area contributed by atoms with Gasteiger partial charge in [-0.05, 0) is 58.1 Å². The number of benzene rings is 2. The van der Waals surface area contributed by atoms with E-state index in [1.807, 2.05) is 0 Å². The van der Waals surface area contributed by atoms with Crippen LogP contribution in [0.15, 0.2) is 54.6 Å². The summed E-state index contributed by atoms with van der Waals surface area (Å²) in [4.78, 5) is 0. The van der Waals surface area contributed by atoms with E-state index in [0.717, 1.165) is 17.8 Å². The third-order valence-electron chi connectivity index (χ3n) is 5.59. The van der Waals surface area contributed by atoms with Crippen molar-refractivity contribution in [3.05, 3.63) is 65.8 Å². The summed E-state index contributed by atoms with van der Waals surface area (Å²) in [6, 6.07) is 13.7. The smallest absolute Gasteiger partial charge is 0.00237 e. The summed E-state index contributed by atoms with van der Waals surface area (Å²) in [6.45, 7) is 0. The Kier molecular flexibility index (Phi) is 2.10. The number of allylic oxidation sites excluding steroid dienone is 4. The molecular formula is C20H18. The van der Waals surface area contributed by atoms with Gasteiger partial charge in [-0.15, -0.1) is 0 Å². The van der Waals surface area contributed by atoms with Crippen LogP contribution in [0.2, 0.25) is 0 Å². The van der Waals surface area contributed by atoms with Gasteiger partial charge in [0.15, 0.2) is 0 Å². The molecule has 0 aromatic heterocycles. The van der Waals surface area contributed by atoms with Crippen LogP contribution in [-0.2, 0) is 0 Å². The van der Waals surface area contributed by atoms with E-state index in [1.165, 1.54) is 35.6 Å². The summed E-state index contributed by atoms with van der Waals surface area (Å²) in [5.41, 5.74) is 4.71. The summed E-state index contributed by atoms with van der Waals surface area (Å²) < 4.78 is 0. The van der Waals surface area contributed by atoms with E-state index in [4.69, 9.17) is 0 Å². The van der Waals surface area contributed by atoms with E-state index in [9.17, 15) is 0 Å². The van der Waals surface area contributed by atoms with Crippen molar-refractivity contribution >= 4 is 16.3 Å². The molecule has 1 fully saturated rings. The summed E-state index contributed by atoms with van der Waals surface area (Å²) in [5, 5.41) is 2.94. The Balaban J connectivity index is 1.90. The van der Waals surface area contributed by atoms with Crippen LogP contribution < -0.4 is 0 Å². The number of hydrogen-bond acceptors (Lipinski definition) is 0. The molecule has 0 saturated heterocycles. The number of hydrogen-bond donors (Lipinski definition) is 0. The SMILES string of the molecule is C1=CC2CCCC3c4cccc5cccc(c45)C(=C1)C23. The average Bonchev–Trinajstić information content (AvgIpc) is 2.52. The van der Waals surface area contributed by atoms with E-state index < -0.39 is 0 Å². The second-order valence-electron chi connectivity index (χ2n) is 6.48. The Hall–Kier alpha value is -1.82. The van der Waals surface area contributed by atoms with E-state index >= 15 is 0 Å². The lowest BCUT2D eigenvalue weighted by Gasteiger charge is -2.44. The van der Waals surface area contributed by atoms with Gasteiger partial charge in [-0.3, -0.25) is 0 Å². The van der Waals surface area contributed by atoms with Crippen molar-refractivity contribution < 1.29 is 0 Å². The third-order valence-corrected chi connectivity index (χ3v) is 5.59. The molecule has 0 N–H and O–H groups in total. The highest BCUT2D eigenvalue weighted by Gasteiger charge is 2.40. The molecule has 0 heteroatoms. The molecule has 5 rings (SSSR count). The summed E-state index contributed by atoms with van der Waals surface area (Å²) >= 11 is 0. The molecule has 98 valence electrons. The van der Waals surface area contributed by atoms with E-state index in [2.05, 4.69) is 54.6 Å². The molecule has 3 aliphatic rings. The maximum Gasteiger partial charge on any atom is -0.00237 e. The number of fused-ring (bicyclic) bond motifs is 2. The molecule has 0 aliphatic heterocycles. The first-order valence-corrected chi connectivity index (χ1v) is 7.84. The fraction of sp³-hybridized carbons (Fsp3) is 0.300. The molecule has 3 aliphatic carbocycles. The number of rotatable bonds is 0. The highest BCUT2D eigenvalue weighted by atomic mass is 14.4. The molecule has 0 heterocycles. The highest BCUT2D eigenvalue weighted by molar-refractivity contribution is 5.99. The lowest BCUT2D eigenvalue weighted by Crippen LogP contribution is -2.31. The van der Waals surface area contributed by atoms with Gasteiger partial charge in [0, 0.05) is 0 Å². The molecule has 1 saturated carbocycles. The molecule has 3 atom stereocenters. The van der Waals surface area contributed by atoms with Crippen LogP contribution in [0.3, 0.4) is 0 Å². The predicted octanol–water partition coefficient (Wildman–Crippen LogP) is 5.31. The zero-order valence-electron chi connectivity index (χ0n) is 11.5. The minimum absolute atomic E-state index is 0.731. The van der Waals surface area contributed by atoms with Crippen molar-refractivity contribution in [3.8, 4) is 0 Å². The normalized spacial score (nSPS) is 30.0. The summed E-state index contributed by atoms with van der Waals surface area (Å²) in [5.74, 6) is 2.23. The minimum Gasteiger partial charge on any atom is -0.0808 e. The van der Waals surface area contributed by atoms with Crippen molar-refractivity contribution in [3.63, 3.8) is 0 Å². The molecule has 0 radical (unpaired) electrons. The second-order valence-corrected chi connectivity index (χ2v) is 6.48. The summed E-state index contributed by atoms with van der Waals surface area (Å²) in [7, 11) is 0. The molecule has 2 aromatic rings. The predicted molar refractivity (Wildman–Crippen MR) is 84.6 cm³/mol. The van der Waals surface area contributed by atoms with Gasteiger partial charge >= 0.3 is 0 Å². The van der Waals surface area contributed by atoms with Crippen molar-refractivity contribution in [2.24, 2.45) is 11.8 Å². The van der Waals surface area contributed by atoms with Crippen molar-refractivity contribution in [2.75, 3.05) is 0 Å². The lowest BCUT2D eigenvalue weighted by atomic mass is 9.60. The fourth-order valence-corrected chi connectivity index (χ4v) is 4.85. The van der Waals surface area contributed by atoms with Gasteiger partial charge in [0.25, 0.3) is 0 Å². The Morgan fingerprint density at radius 2 is 1.85 bits per heavy atom. The van der Waals surface area contributed by atoms with Crippen LogP contribution in [0, 0.1) is 11.8 Å². The van der Waals surface area contributed by atoms with Crippen molar-refractivity contribution in [1.29, 1.82) is 0 Å². The average molecular weight is 258 g/mol. The zero-order chi connectivity index (χ0) is 13.1. The van der Waals surface area contributed by atoms with Gasteiger partial charge in [-0.1, -0.05) is 61.0 Å². The quantitative estimate of drug-likeness (QED) is 0.601. The van der Waals surface area contributed by atoms with E-state index in [1.54, 1.807) is 11.1 Å². The zero-order valence-corrected chi connectivity index (χ0v) is 11.5. The monoisotopic (exact) mass is 258 g/mol. The fourth-order valence-electron chi connectivity index (χ4n) is 4.85. The maximum absolute atomic E-state index is 2.45. The van der Waals surface area contributed by atoms with Gasteiger partial charge in [0.1, 0.15) is 0 Å². The van der Waals surface area contributed by atoms with Gasteiger partial charge in [-0.2, -0.15) is 0 Å². The van der Waals surface area contributed by atoms with Crippen LogP contribution in [0.4, 0.5) is 0 Å². The van der Waals surface area contributed by atoms with E-state index in [-0.39, 0.29) is 0 Å². The van der Waals surface area contributed by atoms with Crippen molar-refractivity contribution in [2.45, 2.75) is 25.2 Å². The molecular weight excluding hydrogens is 240 g/mol. The topological polar surface area (TPSA) is 0 Å². The van der Waals surface area contributed by atoms with Crippen LogP contribution in [-0.4, -0.2) is 0 Å². The van der Waals surface area contributed by atoms with E-state index in [0.29, 0.717) is 0 Å². The largest absolute Gasteiger partial charge is 0.0808 e. The van der Waals surface area contributed by atoms with Crippen LogP contribution >= 0.6 is 0 Å². The summed E-state index contributed by atoms with van der Waals surface area (Å²) in [6.07, 6.45) is 11.2. The molecule has 0 nitrogen and oxygen atoms in total. The molecule has 3 unspecified atom stereocenters. The Labute approximate surface area is 119 Å². The standard InChI is InChI=1S/C20H18/c1-5-13-6-2-11-17-18-12-4-8-14-7-3-10-16(20(14)18)15(9-1)19(13)17/h1-3,5-7,9-11,14,18,20H,4,8,12H2. The molecule has 0 spiro atoms. The van der Waals surface area contributed by atoms with Crippen LogP contribution in [0.1, 0.15) is 36.3 Å². The Bertz CT molecular complexity index is 757. The van der Waals surface area contributed by atoms with Gasteiger partial charge in [0.05, 0.1) is 0 Å². The molecule has 0 bridgehead atoms. The lowest BCUT2D eigenvalue weighted by molar-refractivity contribution is 0.298. The van der Waals surface area contributed by atoms with Crippen molar-refractivity contribution in [1.82, 2.24) is 0 Å². The second kappa shape index (κ2) is 3.85. The van der Waals surface area contributed by atoms with Crippen LogP contribution in [0.5, 0.6) is 0 Å². The van der Waals surface area contributed by atoms with Gasteiger partial charge in [0.2, 0.25) is 0 Å². The maximum atomic E-state index is 2.45. The third kappa shape index (κ3) is 1.27. The first kappa shape index (κ1) is 10.9. The Morgan fingerprint density at radius 3 is 2.80 bits per heavy atom. The highest BCUT2D eigenvalue weighted by Crippen LogP contribution is 2.55. The first-order chi connectivity index (χ1) is 9.93. The van der Waals surface area contributed by atoms with Crippen LogP contribution in [0.25, 0.3) is 16.3 Å². The van der Waals surface area contributed by atoms with Gasteiger partial charge in [-0.25, -0.2) is 0 Å². The minimum atomic E-state index is 0.731. The van der Waals surface area contributed by atoms with Gasteiger partial charge < -0.3 is 0 Å². The molecule has 2 aromatic carbocycles. The molecule has 20 heavy (non-hydrogen) atoms. The first-order valence-electron chi connectivity index (χ1n) is 7.84. The molecule has 0 amide bonds.